The zero-order valence-electron chi connectivity index (χ0n) is 14.9. The topological polar surface area (TPSA) is 83.8 Å². The van der Waals surface area contributed by atoms with Crippen LogP contribution in [0.1, 0.15) is 51.9 Å². The first-order valence-corrected chi connectivity index (χ1v) is 8.23. The van der Waals surface area contributed by atoms with Gasteiger partial charge in [-0.1, -0.05) is 19.8 Å². The van der Waals surface area contributed by atoms with E-state index >= 15 is 0 Å². The number of quaternary nitrogens is 1. The lowest BCUT2D eigenvalue weighted by Gasteiger charge is -2.28. The number of unbranched alkanes of at least 4 members (excludes halogenated alkanes) is 2. The molecule has 0 aliphatic carbocycles. The van der Waals surface area contributed by atoms with Gasteiger partial charge in [-0.2, -0.15) is 0 Å². The highest BCUT2D eigenvalue weighted by molar-refractivity contribution is 5.71. The standard InChI is InChI=1S/C17H31NO5/c1-5-6-7-9-14(19)10-8-11-17(22)23-15(12-16(20)21)13-18(2,3)4/h10,15H,5-9,11-13H2,1-4H3,(H-,19,20,21)/p+1/b14-10-. The third-order valence-electron chi connectivity index (χ3n) is 3.22. The Labute approximate surface area is 139 Å². The molecule has 0 aromatic rings. The summed E-state index contributed by atoms with van der Waals surface area (Å²) >= 11 is 0. The maximum Gasteiger partial charge on any atom is 0.307 e. The molecular weight excluding hydrogens is 298 g/mol. The van der Waals surface area contributed by atoms with Crippen molar-refractivity contribution in [2.45, 2.75) is 58.0 Å². The van der Waals surface area contributed by atoms with Gasteiger partial charge in [0.25, 0.3) is 0 Å². The normalized spacial score (nSPS) is 13.7. The van der Waals surface area contributed by atoms with Crippen molar-refractivity contribution in [3.63, 3.8) is 0 Å². The van der Waals surface area contributed by atoms with Crippen molar-refractivity contribution >= 4 is 11.9 Å². The van der Waals surface area contributed by atoms with Gasteiger partial charge in [-0.25, -0.2) is 0 Å². The number of hydrogen-bond acceptors (Lipinski definition) is 4. The smallest absolute Gasteiger partial charge is 0.307 e. The van der Waals surface area contributed by atoms with E-state index < -0.39 is 18.0 Å². The Hall–Kier alpha value is -1.56. The lowest BCUT2D eigenvalue weighted by molar-refractivity contribution is -0.873. The van der Waals surface area contributed by atoms with Crippen LogP contribution in [0, 0.1) is 0 Å². The van der Waals surface area contributed by atoms with Crippen LogP contribution in [0.2, 0.25) is 0 Å². The van der Waals surface area contributed by atoms with E-state index in [1.807, 2.05) is 21.1 Å². The van der Waals surface area contributed by atoms with Crippen molar-refractivity contribution in [1.82, 2.24) is 0 Å². The number of likely N-dealkylation sites (N-methyl/N-ethyl adjacent to an activating group) is 1. The van der Waals surface area contributed by atoms with Gasteiger partial charge in [0, 0.05) is 12.8 Å². The Kier molecular flexibility index (Phi) is 10.3. The molecule has 0 radical (unpaired) electrons. The summed E-state index contributed by atoms with van der Waals surface area (Å²) in [5, 5.41) is 18.6. The summed E-state index contributed by atoms with van der Waals surface area (Å²) in [4.78, 5) is 22.7. The third kappa shape index (κ3) is 13.8. The first kappa shape index (κ1) is 21.4. The van der Waals surface area contributed by atoms with Crippen molar-refractivity contribution in [1.29, 1.82) is 0 Å². The first-order valence-electron chi connectivity index (χ1n) is 8.23. The van der Waals surface area contributed by atoms with Gasteiger partial charge < -0.3 is 19.4 Å². The number of aliphatic hydroxyl groups is 1. The van der Waals surface area contributed by atoms with E-state index in [0.717, 1.165) is 19.3 Å². The van der Waals surface area contributed by atoms with Crippen LogP contribution in [-0.2, 0) is 14.3 Å². The molecule has 2 N–H and O–H groups in total. The Morgan fingerprint density at radius 2 is 1.78 bits per heavy atom. The number of hydrogen-bond donors (Lipinski definition) is 2. The molecule has 6 heteroatoms. The number of carboxylic acid groups (broad SMARTS) is 1. The molecule has 6 nitrogen and oxygen atoms in total. The van der Waals surface area contributed by atoms with Gasteiger partial charge in [0.1, 0.15) is 6.54 Å². The number of carboxylic acids is 1. The maximum atomic E-state index is 11.8. The fraction of sp³-hybridized carbons (Fsp3) is 0.765. The summed E-state index contributed by atoms with van der Waals surface area (Å²) < 4.78 is 5.79. The average molecular weight is 330 g/mol. The Balaban J connectivity index is 4.26. The number of nitrogens with zero attached hydrogens (tertiary/aromatic N) is 1. The van der Waals surface area contributed by atoms with E-state index in [1.54, 1.807) is 6.08 Å². The van der Waals surface area contributed by atoms with Crippen LogP contribution in [0.15, 0.2) is 11.8 Å². The van der Waals surface area contributed by atoms with Crippen LogP contribution < -0.4 is 0 Å². The molecule has 0 spiro atoms. The molecule has 1 atom stereocenters. The number of carbonyl (C=O) groups is 2. The van der Waals surface area contributed by atoms with Crippen molar-refractivity contribution in [2.24, 2.45) is 0 Å². The van der Waals surface area contributed by atoms with Crippen LogP contribution in [-0.4, -0.2) is 60.4 Å². The van der Waals surface area contributed by atoms with Crippen LogP contribution in [0.3, 0.4) is 0 Å². The largest absolute Gasteiger partial charge is 0.513 e. The first-order chi connectivity index (χ1) is 10.6. The monoisotopic (exact) mass is 330 g/mol. The fourth-order valence-electron chi connectivity index (χ4n) is 2.21. The Morgan fingerprint density at radius 1 is 1.13 bits per heavy atom. The van der Waals surface area contributed by atoms with Gasteiger partial charge in [-0.15, -0.1) is 0 Å². The minimum atomic E-state index is -0.982. The Morgan fingerprint density at radius 3 is 2.30 bits per heavy atom. The summed E-state index contributed by atoms with van der Waals surface area (Å²) in [6.45, 7) is 2.54. The number of ether oxygens (including phenoxy) is 1. The molecular formula is C17H32NO5+. The second-order valence-corrected chi connectivity index (χ2v) is 6.87. The number of aliphatic carboxylic acids is 1. The molecule has 0 rings (SSSR count). The van der Waals surface area contributed by atoms with E-state index in [9.17, 15) is 14.7 Å². The van der Waals surface area contributed by atoms with Crippen LogP contribution in [0.5, 0.6) is 0 Å². The van der Waals surface area contributed by atoms with Gasteiger partial charge in [-0.3, -0.25) is 9.59 Å². The molecule has 1 unspecified atom stereocenters. The summed E-state index contributed by atoms with van der Waals surface area (Å²) in [5.41, 5.74) is 0. The minimum absolute atomic E-state index is 0.144. The summed E-state index contributed by atoms with van der Waals surface area (Å²) in [6, 6.07) is 0. The van der Waals surface area contributed by atoms with E-state index in [2.05, 4.69) is 6.92 Å². The number of carbonyl (C=O) groups excluding carboxylic acids is 1. The quantitative estimate of drug-likeness (QED) is 0.249. The number of esters is 1. The van der Waals surface area contributed by atoms with Crippen molar-refractivity contribution < 1.29 is 29.0 Å². The van der Waals surface area contributed by atoms with Crippen molar-refractivity contribution in [2.75, 3.05) is 27.7 Å². The van der Waals surface area contributed by atoms with Crippen molar-refractivity contribution in [3.8, 4) is 0 Å². The van der Waals surface area contributed by atoms with Gasteiger partial charge in [-0.05, 0) is 18.9 Å². The van der Waals surface area contributed by atoms with Crippen molar-refractivity contribution in [3.05, 3.63) is 11.8 Å². The third-order valence-corrected chi connectivity index (χ3v) is 3.22. The molecule has 0 aromatic heterocycles. The molecule has 0 aromatic carbocycles. The SMILES string of the molecule is CCCCC/C(O)=C/CCC(=O)OC(CC(=O)O)C[N+](C)(C)C. The molecule has 0 bridgehead atoms. The molecule has 0 fully saturated rings. The molecule has 0 aliphatic rings. The maximum absolute atomic E-state index is 11.8. The highest BCUT2D eigenvalue weighted by Gasteiger charge is 2.24. The highest BCUT2D eigenvalue weighted by Crippen LogP contribution is 2.10. The van der Waals surface area contributed by atoms with E-state index in [4.69, 9.17) is 9.84 Å². The second-order valence-electron chi connectivity index (χ2n) is 6.87. The van der Waals surface area contributed by atoms with Crippen LogP contribution >= 0.6 is 0 Å². The number of allylic oxidation sites excluding steroid dienone is 2. The van der Waals surface area contributed by atoms with E-state index in [-0.39, 0.29) is 12.8 Å². The van der Waals surface area contributed by atoms with E-state index in [0.29, 0.717) is 29.6 Å². The molecule has 0 saturated heterocycles. The molecule has 0 saturated carbocycles. The van der Waals surface area contributed by atoms with E-state index in [1.165, 1.54) is 0 Å². The lowest BCUT2D eigenvalue weighted by Crippen LogP contribution is -2.43. The lowest BCUT2D eigenvalue weighted by atomic mass is 10.1. The predicted octanol–water partition coefficient (Wildman–Crippen LogP) is 2.88. The number of rotatable bonds is 12. The van der Waals surface area contributed by atoms with Gasteiger partial charge in [0.15, 0.2) is 6.10 Å². The average Bonchev–Trinajstić information content (AvgIpc) is 2.35. The van der Waals surface area contributed by atoms with Gasteiger partial charge in [0.05, 0.1) is 33.3 Å². The predicted molar refractivity (Wildman–Crippen MR) is 89.1 cm³/mol. The Bertz CT molecular complexity index is 398. The summed E-state index contributed by atoms with van der Waals surface area (Å²) in [7, 11) is 5.75. The molecule has 134 valence electrons. The summed E-state index contributed by atoms with van der Waals surface area (Å²) in [6.07, 6.45) is 5.09. The second kappa shape index (κ2) is 11.0. The molecule has 23 heavy (non-hydrogen) atoms. The molecule has 0 heterocycles. The van der Waals surface area contributed by atoms with Crippen LogP contribution in [0.25, 0.3) is 0 Å². The van der Waals surface area contributed by atoms with Crippen LogP contribution in [0.4, 0.5) is 0 Å². The zero-order chi connectivity index (χ0) is 17.9. The number of aliphatic hydroxyl groups excluding tert-OH is 1. The van der Waals surface area contributed by atoms with Gasteiger partial charge in [0.2, 0.25) is 0 Å². The minimum Gasteiger partial charge on any atom is -0.513 e. The summed E-state index contributed by atoms with van der Waals surface area (Å²) in [5.74, 6) is -1.10. The molecule has 0 amide bonds. The zero-order valence-corrected chi connectivity index (χ0v) is 14.9. The van der Waals surface area contributed by atoms with Gasteiger partial charge >= 0.3 is 11.9 Å². The molecule has 0 aliphatic heterocycles. The highest BCUT2D eigenvalue weighted by atomic mass is 16.5. The fourth-order valence-corrected chi connectivity index (χ4v) is 2.21.